The molecule has 0 aliphatic carbocycles. The van der Waals surface area contributed by atoms with Crippen molar-refractivity contribution in [3.05, 3.63) is 136 Å². The standard InChI is InChI=1S/C33H25N5O7S/c34-30(40)20-10-14-24(15-11-20)37-29(39)19-28(33(37)43)46-25-16-12-23(13-17-25)35-32(42)26(36-31(41)21-6-2-1-3-7-21)18-22-8-4-5-9-27(22)38(44)45/h1-18,28H,19H2,(H2,34,40)(H,35,42)(H,36,41)/b26-18+. The molecule has 4 N–H and O–H groups in total. The van der Waals surface area contributed by atoms with Crippen LogP contribution in [0.3, 0.4) is 0 Å². The second-order valence-electron chi connectivity index (χ2n) is 9.96. The molecule has 4 aromatic carbocycles. The Bertz CT molecular complexity index is 1880. The van der Waals surface area contributed by atoms with Crippen molar-refractivity contribution in [2.75, 3.05) is 10.2 Å². The fraction of sp³-hybridized carbons (Fsp3) is 0.0606. The highest BCUT2D eigenvalue weighted by molar-refractivity contribution is 8.00. The lowest BCUT2D eigenvalue weighted by Crippen LogP contribution is -2.31. The van der Waals surface area contributed by atoms with Gasteiger partial charge in [0.2, 0.25) is 17.7 Å². The summed E-state index contributed by atoms with van der Waals surface area (Å²) in [7, 11) is 0. The summed E-state index contributed by atoms with van der Waals surface area (Å²) in [6.45, 7) is 0. The van der Waals surface area contributed by atoms with E-state index in [1.807, 2.05) is 0 Å². The summed E-state index contributed by atoms with van der Waals surface area (Å²) in [6, 6.07) is 26.4. The van der Waals surface area contributed by atoms with Crippen LogP contribution in [0.15, 0.2) is 114 Å². The number of rotatable bonds is 10. The molecule has 0 bridgehead atoms. The molecular formula is C33H25N5O7S. The summed E-state index contributed by atoms with van der Waals surface area (Å²) >= 11 is 1.18. The van der Waals surface area contributed by atoms with Crippen LogP contribution in [-0.2, 0) is 14.4 Å². The number of nitro benzene ring substituents is 1. The van der Waals surface area contributed by atoms with Crippen LogP contribution in [-0.4, -0.2) is 39.7 Å². The van der Waals surface area contributed by atoms with Crippen LogP contribution in [0.1, 0.15) is 32.7 Å². The van der Waals surface area contributed by atoms with Gasteiger partial charge in [-0.1, -0.05) is 30.3 Å². The van der Waals surface area contributed by atoms with Crippen molar-refractivity contribution >= 4 is 64.4 Å². The predicted molar refractivity (Wildman–Crippen MR) is 172 cm³/mol. The quantitative estimate of drug-likeness (QED) is 0.0983. The maximum absolute atomic E-state index is 13.4. The number of carbonyl (C=O) groups excluding carboxylic acids is 5. The summed E-state index contributed by atoms with van der Waals surface area (Å²) in [5.74, 6) is -2.71. The molecule has 5 rings (SSSR count). The van der Waals surface area contributed by atoms with Gasteiger partial charge in [-0.15, -0.1) is 11.8 Å². The van der Waals surface area contributed by atoms with Gasteiger partial charge in [-0.25, -0.2) is 4.90 Å². The molecule has 1 fully saturated rings. The van der Waals surface area contributed by atoms with Crippen LogP contribution >= 0.6 is 11.8 Å². The first kappa shape index (κ1) is 31.3. The number of hydrogen-bond acceptors (Lipinski definition) is 8. The summed E-state index contributed by atoms with van der Waals surface area (Å²) in [4.78, 5) is 76.1. The Kier molecular flexibility index (Phi) is 9.33. The normalized spacial score (nSPS) is 14.6. The molecule has 12 nitrogen and oxygen atoms in total. The number of benzene rings is 4. The highest BCUT2D eigenvalue weighted by Crippen LogP contribution is 2.34. The number of carbonyl (C=O) groups is 5. The van der Waals surface area contributed by atoms with Crippen molar-refractivity contribution in [2.45, 2.75) is 16.6 Å². The number of hydrogen-bond donors (Lipinski definition) is 3. The van der Waals surface area contributed by atoms with Crippen LogP contribution in [0.4, 0.5) is 17.1 Å². The van der Waals surface area contributed by atoms with E-state index in [0.29, 0.717) is 16.3 Å². The lowest BCUT2D eigenvalue weighted by molar-refractivity contribution is -0.385. The van der Waals surface area contributed by atoms with Gasteiger partial charge in [0, 0.05) is 34.2 Å². The minimum absolute atomic E-state index is 0.0273. The minimum Gasteiger partial charge on any atom is -0.366 e. The number of nitro groups is 1. The van der Waals surface area contributed by atoms with E-state index >= 15 is 0 Å². The molecular weight excluding hydrogens is 610 g/mol. The third kappa shape index (κ3) is 7.17. The second-order valence-corrected chi connectivity index (χ2v) is 11.2. The highest BCUT2D eigenvalue weighted by Gasteiger charge is 2.40. The molecule has 1 saturated heterocycles. The van der Waals surface area contributed by atoms with Crippen LogP contribution in [0.2, 0.25) is 0 Å². The number of nitrogens with two attached hydrogens (primary N) is 1. The van der Waals surface area contributed by atoms with Gasteiger partial charge in [-0.3, -0.25) is 34.1 Å². The molecule has 0 aromatic heterocycles. The molecule has 0 radical (unpaired) electrons. The Morgan fingerprint density at radius 2 is 1.52 bits per heavy atom. The number of primary amides is 1. The maximum atomic E-state index is 13.4. The van der Waals surface area contributed by atoms with Crippen molar-refractivity contribution in [3.8, 4) is 0 Å². The van der Waals surface area contributed by atoms with Crippen molar-refractivity contribution in [3.63, 3.8) is 0 Å². The van der Waals surface area contributed by atoms with Crippen LogP contribution in [0.25, 0.3) is 6.08 Å². The number of imide groups is 1. The van der Waals surface area contributed by atoms with E-state index in [9.17, 15) is 34.1 Å². The zero-order valence-corrected chi connectivity index (χ0v) is 24.7. The predicted octanol–water partition coefficient (Wildman–Crippen LogP) is 4.53. The largest absolute Gasteiger partial charge is 0.366 e. The topological polar surface area (TPSA) is 182 Å². The van der Waals surface area contributed by atoms with E-state index in [1.165, 1.54) is 60.3 Å². The first-order chi connectivity index (χ1) is 22.1. The molecule has 1 atom stereocenters. The molecule has 4 aromatic rings. The first-order valence-corrected chi connectivity index (χ1v) is 14.6. The maximum Gasteiger partial charge on any atom is 0.276 e. The monoisotopic (exact) mass is 635 g/mol. The van der Waals surface area contributed by atoms with Gasteiger partial charge in [-0.05, 0) is 72.8 Å². The average molecular weight is 636 g/mol. The van der Waals surface area contributed by atoms with E-state index in [-0.39, 0.29) is 40.4 Å². The third-order valence-electron chi connectivity index (χ3n) is 6.87. The molecule has 1 aliphatic heterocycles. The molecule has 0 spiro atoms. The van der Waals surface area contributed by atoms with E-state index in [4.69, 9.17) is 5.73 Å². The van der Waals surface area contributed by atoms with Gasteiger partial charge in [0.25, 0.3) is 17.5 Å². The fourth-order valence-electron chi connectivity index (χ4n) is 4.60. The minimum atomic E-state index is -0.725. The van der Waals surface area contributed by atoms with Crippen molar-refractivity contribution in [1.82, 2.24) is 5.32 Å². The van der Waals surface area contributed by atoms with Gasteiger partial charge in [0.05, 0.1) is 21.4 Å². The van der Waals surface area contributed by atoms with Crippen molar-refractivity contribution in [1.29, 1.82) is 0 Å². The van der Waals surface area contributed by atoms with Crippen molar-refractivity contribution in [2.24, 2.45) is 5.73 Å². The Balaban J connectivity index is 1.30. The third-order valence-corrected chi connectivity index (χ3v) is 8.07. The smallest absolute Gasteiger partial charge is 0.276 e. The van der Waals surface area contributed by atoms with Gasteiger partial charge in [0.1, 0.15) is 5.70 Å². The van der Waals surface area contributed by atoms with Crippen LogP contribution in [0.5, 0.6) is 0 Å². The number of nitrogens with one attached hydrogen (secondary N) is 2. The number of thioether (sulfide) groups is 1. The summed E-state index contributed by atoms with van der Waals surface area (Å²) in [5, 5.41) is 16.1. The molecule has 46 heavy (non-hydrogen) atoms. The molecule has 1 unspecified atom stereocenters. The summed E-state index contributed by atoms with van der Waals surface area (Å²) in [5.41, 5.74) is 6.14. The van der Waals surface area contributed by atoms with E-state index in [2.05, 4.69) is 10.6 Å². The van der Waals surface area contributed by atoms with Crippen LogP contribution < -0.4 is 21.3 Å². The van der Waals surface area contributed by atoms with E-state index in [1.54, 1.807) is 60.7 Å². The number of para-hydroxylation sites is 1. The molecule has 1 aliphatic rings. The first-order valence-electron chi connectivity index (χ1n) is 13.8. The lowest BCUT2D eigenvalue weighted by atomic mass is 10.1. The Hall–Kier alpha value is -6.08. The number of anilines is 2. The van der Waals surface area contributed by atoms with Gasteiger partial charge < -0.3 is 16.4 Å². The van der Waals surface area contributed by atoms with Gasteiger partial charge in [0.15, 0.2) is 0 Å². The highest BCUT2D eigenvalue weighted by atomic mass is 32.2. The Morgan fingerprint density at radius 3 is 2.17 bits per heavy atom. The Labute approximate surface area is 266 Å². The van der Waals surface area contributed by atoms with E-state index < -0.39 is 33.8 Å². The Morgan fingerprint density at radius 1 is 0.870 bits per heavy atom. The van der Waals surface area contributed by atoms with Gasteiger partial charge >= 0.3 is 0 Å². The molecule has 230 valence electrons. The summed E-state index contributed by atoms with van der Waals surface area (Å²) < 4.78 is 0. The molecule has 0 saturated carbocycles. The molecule has 1 heterocycles. The number of nitrogens with zero attached hydrogens (tertiary/aromatic N) is 2. The number of amides is 5. The van der Waals surface area contributed by atoms with Crippen LogP contribution in [0, 0.1) is 10.1 Å². The molecule has 13 heteroatoms. The fourth-order valence-corrected chi connectivity index (χ4v) is 5.65. The summed E-state index contributed by atoms with van der Waals surface area (Å²) in [6.07, 6.45) is 1.20. The SMILES string of the molecule is NC(=O)c1ccc(N2C(=O)CC(Sc3ccc(NC(=O)/C(=C\c4ccccc4[N+](=O)[O-])NC(=O)c4ccccc4)cc3)C2=O)cc1. The van der Waals surface area contributed by atoms with E-state index in [0.717, 1.165) is 4.90 Å². The second kappa shape index (κ2) is 13.7. The molecule has 5 amide bonds. The lowest BCUT2D eigenvalue weighted by Gasteiger charge is -2.15. The zero-order chi connectivity index (χ0) is 32.8. The zero-order valence-electron chi connectivity index (χ0n) is 23.9. The average Bonchev–Trinajstić information content (AvgIpc) is 3.33. The van der Waals surface area contributed by atoms with Gasteiger partial charge in [-0.2, -0.15) is 0 Å². The van der Waals surface area contributed by atoms with Crippen molar-refractivity contribution < 1.29 is 28.9 Å².